The minimum Gasteiger partial charge on any atom is -0.309 e. The summed E-state index contributed by atoms with van der Waals surface area (Å²) < 4.78 is 6.90. The Balaban J connectivity index is 1.16. The molecule has 0 aliphatic carbocycles. The smallest absolute Gasteiger partial charge is 0.0998 e. The van der Waals surface area contributed by atoms with Gasteiger partial charge in [-0.15, -0.1) is 0 Å². The van der Waals surface area contributed by atoms with Gasteiger partial charge < -0.3 is 13.7 Å². The molecule has 8 aromatic carbocycles. The molecule has 0 N–H and O–H groups in total. The maximum absolute atomic E-state index is 10.6. The number of nitrogens with zero attached hydrogens (tertiary/aromatic N) is 5. The average Bonchev–Trinajstić information content (AvgIpc) is 3.88. The van der Waals surface area contributed by atoms with Gasteiger partial charge in [0.2, 0.25) is 0 Å². The van der Waals surface area contributed by atoms with Crippen molar-refractivity contribution in [2.45, 2.75) is 0 Å². The predicted molar refractivity (Wildman–Crippen MR) is 224 cm³/mol. The molecule has 55 heavy (non-hydrogen) atoms. The largest absolute Gasteiger partial charge is 0.309 e. The molecule has 3 aromatic heterocycles. The number of para-hydroxylation sites is 4. The van der Waals surface area contributed by atoms with Crippen LogP contribution < -0.4 is 0 Å². The van der Waals surface area contributed by atoms with Gasteiger partial charge >= 0.3 is 0 Å². The van der Waals surface area contributed by atoms with Crippen LogP contribution in [0.1, 0.15) is 11.1 Å². The third kappa shape index (κ3) is 4.45. The summed E-state index contributed by atoms with van der Waals surface area (Å²) in [6.07, 6.45) is 0. The van der Waals surface area contributed by atoms with Gasteiger partial charge in [-0.2, -0.15) is 10.5 Å². The summed E-state index contributed by atoms with van der Waals surface area (Å²) in [5.41, 5.74) is 12.5. The third-order valence-electron chi connectivity index (χ3n) is 11.1. The summed E-state index contributed by atoms with van der Waals surface area (Å²) in [4.78, 5) is 0. The molecule has 3 heterocycles. The molecule has 0 atom stereocenters. The fraction of sp³-hybridized carbons (Fsp3) is 0. The molecule has 0 amide bonds. The van der Waals surface area contributed by atoms with Crippen LogP contribution in [-0.4, -0.2) is 13.7 Å². The fourth-order valence-electron chi connectivity index (χ4n) is 8.78. The summed E-state index contributed by atoms with van der Waals surface area (Å²) >= 11 is 0. The Morgan fingerprint density at radius 3 is 1.42 bits per heavy atom. The van der Waals surface area contributed by atoms with Crippen molar-refractivity contribution >= 4 is 65.4 Å². The van der Waals surface area contributed by atoms with Gasteiger partial charge in [-0.25, -0.2) is 0 Å². The van der Waals surface area contributed by atoms with Gasteiger partial charge in [0.25, 0.3) is 0 Å². The van der Waals surface area contributed by atoms with Gasteiger partial charge in [0.15, 0.2) is 0 Å². The highest BCUT2D eigenvalue weighted by atomic mass is 15.0. The van der Waals surface area contributed by atoms with Crippen molar-refractivity contribution in [1.82, 2.24) is 13.7 Å². The highest BCUT2D eigenvalue weighted by Crippen LogP contribution is 2.41. The first-order chi connectivity index (χ1) is 27.2. The molecule has 0 spiro atoms. The molecule has 0 bridgehead atoms. The lowest BCUT2D eigenvalue weighted by Gasteiger charge is -2.17. The number of aromatic nitrogens is 3. The van der Waals surface area contributed by atoms with Crippen LogP contribution in [0.5, 0.6) is 0 Å². The Hall–Kier alpha value is -7.86. The quantitative estimate of drug-likeness (QED) is 0.184. The van der Waals surface area contributed by atoms with E-state index >= 15 is 0 Å². The van der Waals surface area contributed by atoms with Gasteiger partial charge in [-0.3, -0.25) is 0 Å². The van der Waals surface area contributed by atoms with Gasteiger partial charge in [-0.1, -0.05) is 97.1 Å². The minimum atomic E-state index is 0.587. The summed E-state index contributed by atoms with van der Waals surface area (Å²) in [6.45, 7) is 0. The Bertz CT molecular complexity index is 3350. The standard InChI is InChI=1S/C50H29N5/c51-30-32-20-27-47-42(28-32)41-26-25-36(54-45-17-7-3-13-39(45)40-14-4-8-18-46(40)54)29-49(41)55(47)48-19-9-10-34(31-52)50(48)33-21-23-35(24-22-33)53-43-15-5-1-11-37(43)38-12-2-6-16-44(38)53/h1-29H. The van der Waals surface area contributed by atoms with Gasteiger partial charge in [0.05, 0.1) is 62.1 Å². The number of hydrogen-bond acceptors (Lipinski definition) is 2. The monoisotopic (exact) mass is 699 g/mol. The van der Waals surface area contributed by atoms with E-state index in [-0.39, 0.29) is 0 Å². The molecule has 11 aromatic rings. The molecule has 0 radical (unpaired) electrons. The van der Waals surface area contributed by atoms with Crippen LogP contribution in [-0.2, 0) is 0 Å². The first-order valence-electron chi connectivity index (χ1n) is 18.3. The van der Waals surface area contributed by atoms with Crippen molar-refractivity contribution < 1.29 is 0 Å². The van der Waals surface area contributed by atoms with Crippen molar-refractivity contribution in [3.63, 3.8) is 0 Å². The topological polar surface area (TPSA) is 62.4 Å². The SMILES string of the molecule is N#Cc1ccc2c(c1)c1ccc(-n3c4ccccc4c4ccccc43)cc1n2-c1cccc(C#N)c1-c1ccc(-n2c3ccccc3c3ccccc32)cc1. The summed E-state index contributed by atoms with van der Waals surface area (Å²) in [6, 6.07) is 65.9. The Morgan fingerprint density at radius 2 is 0.855 bits per heavy atom. The second-order valence-electron chi connectivity index (χ2n) is 14.0. The van der Waals surface area contributed by atoms with E-state index in [9.17, 15) is 10.5 Å². The van der Waals surface area contributed by atoms with E-state index in [0.29, 0.717) is 11.1 Å². The van der Waals surface area contributed by atoms with Crippen LogP contribution in [0.2, 0.25) is 0 Å². The van der Waals surface area contributed by atoms with Crippen LogP contribution in [0.15, 0.2) is 176 Å². The fourth-order valence-corrected chi connectivity index (χ4v) is 8.78. The molecular weight excluding hydrogens is 671 g/mol. The van der Waals surface area contributed by atoms with Crippen molar-refractivity contribution in [1.29, 1.82) is 10.5 Å². The zero-order valence-electron chi connectivity index (χ0n) is 29.5. The molecule has 0 aliphatic heterocycles. The number of hydrogen-bond donors (Lipinski definition) is 0. The van der Waals surface area contributed by atoms with E-state index in [1.54, 1.807) is 0 Å². The summed E-state index contributed by atoms with van der Waals surface area (Å²) in [7, 11) is 0. The lowest BCUT2D eigenvalue weighted by atomic mass is 9.97. The van der Waals surface area contributed by atoms with Gasteiger partial charge in [0.1, 0.15) is 0 Å². The molecule has 0 fully saturated rings. The predicted octanol–water partition coefficient (Wildman–Crippen LogP) is 12.4. The van der Waals surface area contributed by atoms with Crippen LogP contribution >= 0.6 is 0 Å². The van der Waals surface area contributed by atoms with Crippen LogP contribution in [0.25, 0.3) is 93.6 Å². The Morgan fingerprint density at radius 1 is 0.345 bits per heavy atom. The van der Waals surface area contributed by atoms with Crippen LogP contribution in [0.3, 0.4) is 0 Å². The zero-order chi connectivity index (χ0) is 36.6. The first kappa shape index (κ1) is 30.7. The molecule has 0 aliphatic rings. The average molecular weight is 700 g/mol. The van der Waals surface area contributed by atoms with Crippen molar-refractivity contribution in [3.8, 4) is 40.3 Å². The highest BCUT2D eigenvalue weighted by molar-refractivity contribution is 6.13. The first-order valence-corrected chi connectivity index (χ1v) is 18.3. The highest BCUT2D eigenvalue weighted by Gasteiger charge is 2.21. The molecule has 0 saturated carbocycles. The second-order valence-corrected chi connectivity index (χ2v) is 14.0. The zero-order valence-corrected chi connectivity index (χ0v) is 29.5. The van der Waals surface area contributed by atoms with E-state index in [0.717, 1.165) is 72.1 Å². The van der Waals surface area contributed by atoms with E-state index < -0.39 is 0 Å². The van der Waals surface area contributed by atoms with E-state index in [2.05, 4.69) is 171 Å². The van der Waals surface area contributed by atoms with Crippen LogP contribution in [0.4, 0.5) is 0 Å². The molecule has 5 heteroatoms. The van der Waals surface area contributed by atoms with Gasteiger partial charge in [-0.05, 0) is 84.4 Å². The summed E-state index contributed by atoms with van der Waals surface area (Å²) in [5, 5.41) is 27.4. The number of benzene rings is 8. The summed E-state index contributed by atoms with van der Waals surface area (Å²) in [5.74, 6) is 0. The van der Waals surface area contributed by atoms with E-state index in [1.807, 2.05) is 30.3 Å². The Labute approximate surface area is 316 Å². The molecule has 254 valence electrons. The van der Waals surface area contributed by atoms with Crippen molar-refractivity contribution in [3.05, 3.63) is 187 Å². The number of nitriles is 2. The molecular formula is C50H29N5. The van der Waals surface area contributed by atoms with E-state index in [4.69, 9.17) is 0 Å². The van der Waals surface area contributed by atoms with E-state index in [1.165, 1.54) is 21.5 Å². The van der Waals surface area contributed by atoms with Gasteiger partial charge in [0, 0.05) is 49.3 Å². The third-order valence-corrected chi connectivity index (χ3v) is 11.1. The maximum atomic E-state index is 10.6. The maximum Gasteiger partial charge on any atom is 0.0998 e. The number of rotatable bonds is 4. The molecule has 0 saturated heterocycles. The molecule has 0 unspecified atom stereocenters. The van der Waals surface area contributed by atoms with Crippen molar-refractivity contribution in [2.75, 3.05) is 0 Å². The molecule has 11 rings (SSSR count). The Kier molecular flexibility index (Phi) is 6.61. The second kappa shape index (κ2) is 11.8. The lowest BCUT2D eigenvalue weighted by molar-refractivity contribution is 1.15. The van der Waals surface area contributed by atoms with Crippen molar-refractivity contribution in [2.24, 2.45) is 0 Å². The molecule has 5 nitrogen and oxygen atoms in total. The number of fused-ring (bicyclic) bond motifs is 9. The minimum absolute atomic E-state index is 0.587. The normalized spacial score (nSPS) is 11.6. The van der Waals surface area contributed by atoms with Crippen LogP contribution in [0, 0.1) is 22.7 Å². The lowest BCUT2D eigenvalue weighted by Crippen LogP contribution is -2.01.